The van der Waals surface area contributed by atoms with E-state index in [0.717, 1.165) is 19.3 Å². The molecule has 0 amide bonds. The van der Waals surface area contributed by atoms with Crippen LogP contribution in [0.2, 0.25) is 0 Å². The van der Waals surface area contributed by atoms with Crippen molar-refractivity contribution in [1.29, 1.82) is 0 Å². The van der Waals surface area contributed by atoms with Crippen molar-refractivity contribution in [2.45, 2.75) is 58.3 Å². The van der Waals surface area contributed by atoms with Crippen molar-refractivity contribution in [3.05, 3.63) is 0 Å². The zero-order valence-corrected chi connectivity index (χ0v) is 10.4. The van der Waals surface area contributed by atoms with Crippen molar-refractivity contribution < 1.29 is 14.3 Å². The van der Waals surface area contributed by atoms with Gasteiger partial charge < -0.3 is 15.2 Å². The first-order valence-corrected chi connectivity index (χ1v) is 6.12. The Morgan fingerprint density at radius 1 is 1.44 bits per heavy atom. The molecule has 94 valence electrons. The van der Waals surface area contributed by atoms with Crippen molar-refractivity contribution in [3.63, 3.8) is 0 Å². The number of rotatable bonds is 4. The smallest absolute Gasteiger partial charge is 0.310 e. The standard InChI is InChI=1S/C12H23NO3/c1-4-10(7-13)12(14)16-11-5-8(2)15-9(3)6-11/h8-11H,4-7,13H2,1-3H3. The van der Waals surface area contributed by atoms with Crippen LogP contribution in [0.5, 0.6) is 0 Å². The van der Waals surface area contributed by atoms with Crippen molar-refractivity contribution in [2.24, 2.45) is 11.7 Å². The molecule has 1 rings (SSSR count). The highest BCUT2D eigenvalue weighted by atomic mass is 16.6. The van der Waals surface area contributed by atoms with Gasteiger partial charge in [-0.2, -0.15) is 0 Å². The van der Waals surface area contributed by atoms with E-state index in [1.54, 1.807) is 0 Å². The molecular weight excluding hydrogens is 206 g/mol. The van der Waals surface area contributed by atoms with Gasteiger partial charge >= 0.3 is 5.97 Å². The average Bonchev–Trinajstić information content (AvgIpc) is 2.17. The van der Waals surface area contributed by atoms with Crippen LogP contribution in [-0.4, -0.2) is 30.8 Å². The van der Waals surface area contributed by atoms with Gasteiger partial charge in [-0.3, -0.25) is 4.79 Å². The van der Waals surface area contributed by atoms with Crippen LogP contribution in [-0.2, 0) is 14.3 Å². The first-order chi connectivity index (χ1) is 7.56. The summed E-state index contributed by atoms with van der Waals surface area (Å²) in [5, 5.41) is 0. The van der Waals surface area contributed by atoms with Gasteiger partial charge in [-0.25, -0.2) is 0 Å². The molecule has 0 aliphatic carbocycles. The van der Waals surface area contributed by atoms with Gasteiger partial charge in [0.05, 0.1) is 18.1 Å². The lowest BCUT2D eigenvalue weighted by molar-refractivity contribution is -0.164. The molecule has 4 nitrogen and oxygen atoms in total. The lowest BCUT2D eigenvalue weighted by Crippen LogP contribution is -2.37. The van der Waals surface area contributed by atoms with Crippen LogP contribution in [0, 0.1) is 5.92 Å². The molecule has 3 atom stereocenters. The predicted octanol–water partition coefficient (Wildman–Crippen LogP) is 1.47. The summed E-state index contributed by atoms with van der Waals surface area (Å²) < 4.78 is 11.1. The third kappa shape index (κ3) is 3.76. The molecule has 1 saturated heterocycles. The van der Waals surface area contributed by atoms with E-state index in [4.69, 9.17) is 15.2 Å². The second-order valence-electron chi connectivity index (χ2n) is 4.63. The molecule has 16 heavy (non-hydrogen) atoms. The zero-order chi connectivity index (χ0) is 12.1. The fraction of sp³-hybridized carbons (Fsp3) is 0.917. The lowest BCUT2D eigenvalue weighted by Gasteiger charge is -2.32. The van der Waals surface area contributed by atoms with E-state index < -0.39 is 0 Å². The van der Waals surface area contributed by atoms with Gasteiger partial charge in [0.15, 0.2) is 0 Å². The van der Waals surface area contributed by atoms with Crippen LogP contribution in [0.1, 0.15) is 40.0 Å². The molecule has 0 saturated carbocycles. The van der Waals surface area contributed by atoms with Crippen molar-refractivity contribution in [3.8, 4) is 0 Å². The summed E-state index contributed by atoms with van der Waals surface area (Å²) in [6, 6.07) is 0. The molecule has 1 aliphatic rings. The molecule has 3 unspecified atom stereocenters. The topological polar surface area (TPSA) is 61.6 Å². The number of esters is 1. The van der Waals surface area contributed by atoms with E-state index in [9.17, 15) is 4.79 Å². The Kier molecular flexibility index (Phi) is 5.22. The van der Waals surface area contributed by atoms with E-state index in [-0.39, 0.29) is 30.2 Å². The van der Waals surface area contributed by atoms with Gasteiger partial charge in [-0.15, -0.1) is 0 Å². The van der Waals surface area contributed by atoms with E-state index in [2.05, 4.69) is 0 Å². The van der Waals surface area contributed by atoms with Crippen LogP contribution in [0.4, 0.5) is 0 Å². The average molecular weight is 229 g/mol. The second kappa shape index (κ2) is 6.21. The maximum atomic E-state index is 11.7. The Balaban J connectivity index is 2.43. The SMILES string of the molecule is CCC(CN)C(=O)OC1CC(C)OC(C)C1. The maximum Gasteiger partial charge on any atom is 0.310 e. The third-order valence-electron chi connectivity index (χ3n) is 3.05. The van der Waals surface area contributed by atoms with Crippen molar-refractivity contribution in [2.75, 3.05) is 6.54 Å². The summed E-state index contributed by atoms with van der Waals surface area (Å²) >= 11 is 0. The largest absolute Gasteiger partial charge is 0.462 e. The van der Waals surface area contributed by atoms with Crippen LogP contribution in [0.15, 0.2) is 0 Å². The minimum Gasteiger partial charge on any atom is -0.462 e. The van der Waals surface area contributed by atoms with E-state index in [1.165, 1.54) is 0 Å². The molecular formula is C12H23NO3. The molecule has 0 bridgehead atoms. The van der Waals surface area contributed by atoms with Gasteiger partial charge in [0.2, 0.25) is 0 Å². The molecule has 1 heterocycles. The Hall–Kier alpha value is -0.610. The Labute approximate surface area is 97.5 Å². The Bertz CT molecular complexity index is 218. The zero-order valence-electron chi connectivity index (χ0n) is 10.4. The quantitative estimate of drug-likeness (QED) is 0.742. The maximum absolute atomic E-state index is 11.7. The fourth-order valence-electron chi connectivity index (χ4n) is 2.13. The number of carbonyl (C=O) groups excluding carboxylic acids is 1. The summed E-state index contributed by atoms with van der Waals surface area (Å²) in [6.45, 7) is 6.34. The molecule has 0 aromatic heterocycles. The summed E-state index contributed by atoms with van der Waals surface area (Å²) in [5.41, 5.74) is 5.52. The lowest BCUT2D eigenvalue weighted by atomic mass is 10.0. The number of hydrogen-bond acceptors (Lipinski definition) is 4. The van der Waals surface area contributed by atoms with E-state index >= 15 is 0 Å². The van der Waals surface area contributed by atoms with E-state index in [0.29, 0.717) is 6.54 Å². The molecule has 0 aromatic carbocycles. The molecule has 4 heteroatoms. The van der Waals surface area contributed by atoms with Crippen molar-refractivity contribution >= 4 is 5.97 Å². The van der Waals surface area contributed by atoms with Gasteiger partial charge in [-0.1, -0.05) is 6.92 Å². The highest BCUT2D eigenvalue weighted by Gasteiger charge is 2.28. The molecule has 0 radical (unpaired) electrons. The van der Waals surface area contributed by atoms with Crippen LogP contribution < -0.4 is 5.73 Å². The van der Waals surface area contributed by atoms with Gasteiger partial charge in [0, 0.05) is 19.4 Å². The molecule has 1 fully saturated rings. The van der Waals surface area contributed by atoms with Crippen LogP contribution in [0.3, 0.4) is 0 Å². The predicted molar refractivity (Wildman–Crippen MR) is 62.0 cm³/mol. The Morgan fingerprint density at radius 3 is 2.44 bits per heavy atom. The highest BCUT2D eigenvalue weighted by Crippen LogP contribution is 2.22. The highest BCUT2D eigenvalue weighted by molar-refractivity contribution is 5.72. The summed E-state index contributed by atoms with van der Waals surface area (Å²) in [4.78, 5) is 11.7. The summed E-state index contributed by atoms with van der Waals surface area (Å²) in [7, 11) is 0. The van der Waals surface area contributed by atoms with Crippen LogP contribution >= 0.6 is 0 Å². The number of ether oxygens (including phenoxy) is 2. The number of carbonyl (C=O) groups is 1. The first kappa shape index (κ1) is 13.5. The van der Waals surface area contributed by atoms with Crippen molar-refractivity contribution in [1.82, 2.24) is 0 Å². The number of hydrogen-bond donors (Lipinski definition) is 1. The summed E-state index contributed by atoms with van der Waals surface area (Å²) in [6.07, 6.45) is 2.64. The third-order valence-corrected chi connectivity index (χ3v) is 3.05. The fourth-order valence-corrected chi connectivity index (χ4v) is 2.13. The van der Waals surface area contributed by atoms with Gasteiger partial charge in [0.25, 0.3) is 0 Å². The minimum absolute atomic E-state index is 0.00755. The molecule has 0 spiro atoms. The monoisotopic (exact) mass is 229 g/mol. The van der Waals surface area contributed by atoms with Crippen LogP contribution in [0.25, 0.3) is 0 Å². The van der Waals surface area contributed by atoms with Gasteiger partial charge in [0.1, 0.15) is 6.10 Å². The van der Waals surface area contributed by atoms with E-state index in [1.807, 2.05) is 20.8 Å². The second-order valence-corrected chi connectivity index (χ2v) is 4.63. The molecule has 1 aliphatic heterocycles. The number of nitrogens with two attached hydrogens (primary N) is 1. The molecule has 2 N–H and O–H groups in total. The Morgan fingerprint density at radius 2 is 2.00 bits per heavy atom. The minimum atomic E-state index is -0.159. The molecule has 0 aromatic rings. The first-order valence-electron chi connectivity index (χ1n) is 6.12. The normalized spacial score (nSPS) is 32.1. The summed E-state index contributed by atoms with van der Waals surface area (Å²) in [5.74, 6) is -0.315. The van der Waals surface area contributed by atoms with Gasteiger partial charge in [-0.05, 0) is 20.3 Å².